The third kappa shape index (κ3) is 4.75. The lowest BCUT2D eigenvalue weighted by Gasteiger charge is -2.42. The average Bonchev–Trinajstić information content (AvgIpc) is 3.37. The largest absolute Gasteiger partial charge is 0.389 e. The summed E-state index contributed by atoms with van der Waals surface area (Å²) >= 11 is 0. The maximum absolute atomic E-state index is 13.4. The van der Waals surface area contributed by atoms with Gasteiger partial charge in [-0.15, -0.1) is 0 Å². The number of amides is 1. The number of aliphatic hydroxyl groups is 1. The Kier molecular flexibility index (Phi) is 6.35. The smallest absolute Gasteiger partial charge is 0.251 e. The van der Waals surface area contributed by atoms with Crippen LogP contribution in [0.2, 0.25) is 0 Å². The normalized spacial score (nSPS) is 22.8. The van der Waals surface area contributed by atoms with Crippen LogP contribution in [0.1, 0.15) is 74.1 Å². The topological polar surface area (TPSA) is 67.2 Å². The van der Waals surface area contributed by atoms with E-state index in [-0.39, 0.29) is 17.1 Å². The highest BCUT2D eigenvalue weighted by Gasteiger charge is 2.54. The van der Waals surface area contributed by atoms with Crippen LogP contribution in [0.5, 0.6) is 0 Å². The van der Waals surface area contributed by atoms with Gasteiger partial charge in [0.15, 0.2) is 0 Å². The van der Waals surface area contributed by atoms with Crippen molar-refractivity contribution in [1.29, 1.82) is 0 Å². The fraction of sp³-hybridized carbons (Fsp3) is 0.419. The molecule has 6 heteroatoms. The number of rotatable bonds is 6. The van der Waals surface area contributed by atoms with Gasteiger partial charge in [0, 0.05) is 17.5 Å². The van der Waals surface area contributed by atoms with Crippen LogP contribution in [0.15, 0.2) is 60.3 Å². The van der Waals surface area contributed by atoms with Gasteiger partial charge in [0.25, 0.3) is 5.91 Å². The van der Waals surface area contributed by atoms with Crippen molar-refractivity contribution in [2.24, 2.45) is 10.8 Å². The van der Waals surface area contributed by atoms with E-state index in [1.807, 2.05) is 35.1 Å². The first-order valence-corrected chi connectivity index (χ1v) is 13.1. The van der Waals surface area contributed by atoms with Gasteiger partial charge in [-0.1, -0.05) is 51.5 Å². The Hall–Kier alpha value is -3.25. The van der Waals surface area contributed by atoms with Gasteiger partial charge in [-0.25, -0.2) is 9.07 Å². The van der Waals surface area contributed by atoms with E-state index in [1.54, 1.807) is 12.1 Å². The molecule has 0 aliphatic heterocycles. The Morgan fingerprint density at radius 2 is 1.89 bits per heavy atom. The fourth-order valence-corrected chi connectivity index (χ4v) is 5.86. The van der Waals surface area contributed by atoms with Gasteiger partial charge < -0.3 is 10.4 Å². The fourth-order valence-electron chi connectivity index (χ4n) is 5.86. The van der Waals surface area contributed by atoms with Crippen LogP contribution in [0.4, 0.5) is 4.39 Å². The predicted octanol–water partition coefficient (Wildman–Crippen LogP) is 5.89. The summed E-state index contributed by atoms with van der Waals surface area (Å²) in [6.45, 7) is 9.05. The maximum Gasteiger partial charge on any atom is 0.251 e. The number of halogens is 1. The number of carbonyl (C=O) groups excluding carboxylic acids is 1. The number of hydrogen-bond acceptors (Lipinski definition) is 3. The number of aromatic nitrogens is 2. The van der Waals surface area contributed by atoms with Crippen LogP contribution >= 0.6 is 0 Å². The van der Waals surface area contributed by atoms with E-state index >= 15 is 0 Å². The predicted molar refractivity (Wildman–Crippen MR) is 144 cm³/mol. The van der Waals surface area contributed by atoms with Crippen molar-refractivity contribution in [3.8, 4) is 5.69 Å². The molecule has 0 spiro atoms. The Morgan fingerprint density at radius 1 is 1.16 bits per heavy atom. The maximum atomic E-state index is 13.4. The Bertz CT molecular complexity index is 1350. The SMILES string of the molecule is CC(C)(C)CNC(=O)c1ccccc1CC[C@]1(O)CCC2=Cc3c(cnn3-c3ccc(F)cc3)C[C@@]21C. The summed E-state index contributed by atoms with van der Waals surface area (Å²) in [6, 6.07) is 14.1. The molecular weight excluding hydrogens is 465 g/mol. The number of nitrogens with one attached hydrogen (secondary N) is 1. The highest BCUT2D eigenvalue weighted by molar-refractivity contribution is 5.95. The highest BCUT2D eigenvalue weighted by atomic mass is 19.1. The molecule has 0 saturated heterocycles. The van der Waals surface area contributed by atoms with Crippen molar-refractivity contribution in [2.75, 3.05) is 6.54 Å². The number of aryl methyl sites for hydroxylation is 1. The van der Waals surface area contributed by atoms with Crippen LogP contribution < -0.4 is 5.32 Å². The second-order valence-electron chi connectivity index (χ2n) is 12.1. The summed E-state index contributed by atoms with van der Waals surface area (Å²) in [5, 5.41) is 19.7. The van der Waals surface area contributed by atoms with Crippen LogP contribution in [-0.2, 0) is 12.8 Å². The standard InChI is InChI=1S/C31H36FN3O2/c1-29(2,3)20-33-28(36)26-8-6-5-7-21(26)13-15-31(37)16-14-23-17-27-22(18-30(23,31)4)19-34-35(27)25-11-9-24(32)10-12-25/h5-12,17,19,37H,13-16,18,20H2,1-4H3,(H,33,36)/t30-,31-/m0/s1. The summed E-state index contributed by atoms with van der Waals surface area (Å²) in [6.07, 6.45) is 7.42. The molecule has 2 N–H and O–H groups in total. The molecule has 1 saturated carbocycles. The van der Waals surface area contributed by atoms with E-state index < -0.39 is 11.0 Å². The van der Waals surface area contributed by atoms with Crippen molar-refractivity contribution >= 4 is 12.0 Å². The molecule has 1 heterocycles. The molecule has 1 fully saturated rings. The Morgan fingerprint density at radius 3 is 2.62 bits per heavy atom. The summed E-state index contributed by atoms with van der Waals surface area (Å²) in [5.74, 6) is -0.337. The first kappa shape index (κ1) is 25.4. The monoisotopic (exact) mass is 501 g/mol. The Labute approximate surface area is 218 Å². The number of fused-ring (bicyclic) bond motifs is 2. The molecule has 0 bridgehead atoms. The van der Waals surface area contributed by atoms with E-state index in [9.17, 15) is 14.3 Å². The number of benzene rings is 2. The molecular formula is C31H36FN3O2. The van der Waals surface area contributed by atoms with Crippen molar-refractivity contribution in [3.63, 3.8) is 0 Å². The molecule has 1 aromatic heterocycles. The van der Waals surface area contributed by atoms with Gasteiger partial charge in [0.05, 0.1) is 23.2 Å². The summed E-state index contributed by atoms with van der Waals surface area (Å²) in [4.78, 5) is 12.9. The molecule has 2 atom stereocenters. The van der Waals surface area contributed by atoms with E-state index in [2.05, 4.69) is 44.2 Å². The molecule has 0 unspecified atom stereocenters. The van der Waals surface area contributed by atoms with Crippen LogP contribution in [0.25, 0.3) is 11.8 Å². The summed E-state index contributed by atoms with van der Waals surface area (Å²) < 4.78 is 15.3. The molecule has 194 valence electrons. The van der Waals surface area contributed by atoms with Crippen molar-refractivity contribution < 1.29 is 14.3 Å². The summed E-state index contributed by atoms with van der Waals surface area (Å²) in [5.41, 5.74) is 4.49. The zero-order valence-electron chi connectivity index (χ0n) is 22.1. The first-order chi connectivity index (χ1) is 17.5. The average molecular weight is 502 g/mol. The molecule has 0 radical (unpaired) electrons. The minimum Gasteiger partial charge on any atom is -0.389 e. The second-order valence-corrected chi connectivity index (χ2v) is 12.1. The van der Waals surface area contributed by atoms with Gasteiger partial charge in [-0.2, -0.15) is 5.10 Å². The molecule has 5 rings (SSSR count). The quantitative estimate of drug-likeness (QED) is 0.443. The molecule has 3 aromatic rings. The third-order valence-corrected chi connectivity index (χ3v) is 8.21. The molecule has 2 aliphatic rings. The highest BCUT2D eigenvalue weighted by Crippen LogP contribution is 2.56. The molecule has 2 aromatic carbocycles. The van der Waals surface area contributed by atoms with E-state index in [0.717, 1.165) is 28.9 Å². The third-order valence-electron chi connectivity index (χ3n) is 8.21. The van der Waals surface area contributed by atoms with Gasteiger partial charge in [0.2, 0.25) is 0 Å². The van der Waals surface area contributed by atoms with Crippen LogP contribution in [-0.4, -0.2) is 32.9 Å². The van der Waals surface area contributed by atoms with E-state index in [4.69, 9.17) is 0 Å². The molecule has 2 aliphatic carbocycles. The van der Waals surface area contributed by atoms with Crippen molar-refractivity contribution in [1.82, 2.24) is 15.1 Å². The zero-order chi connectivity index (χ0) is 26.4. The lowest BCUT2D eigenvalue weighted by atomic mass is 9.65. The molecule has 5 nitrogen and oxygen atoms in total. The van der Waals surface area contributed by atoms with Gasteiger partial charge in [-0.05, 0) is 85.1 Å². The first-order valence-electron chi connectivity index (χ1n) is 13.1. The van der Waals surface area contributed by atoms with Crippen LogP contribution in [0, 0.1) is 16.6 Å². The van der Waals surface area contributed by atoms with Gasteiger partial charge >= 0.3 is 0 Å². The number of carbonyl (C=O) groups is 1. The van der Waals surface area contributed by atoms with Gasteiger partial charge in [-0.3, -0.25) is 4.79 Å². The van der Waals surface area contributed by atoms with Crippen molar-refractivity contribution in [2.45, 2.75) is 65.4 Å². The van der Waals surface area contributed by atoms with E-state index in [0.29, 0.717) is 37.8 Å². The number of hydrogen-bond donors (Lipinski definition) is 2. The number of nitrogens with zero attached hydrogens (tertiary/aromatic N) is 2. The minimum atomic E-state index is -0.885. The lowest BCUT2D eigenvalue weighted by molar-refractivity contribution is -0.0461. The van der Waals surface area contributed by atoms with Crippen LogP contribution in [0.3, 0.4) is 0 Å². The summed E-state index contributed by atoms with van der Waals surface area (Å²) in [7, 11) is 0. The van der Waals surface area contributed by atoms with E-state index in [1.165, 1.54) is 17.7 Å². The Balaban J connectivity index is 1.36. The molecule has 1 amide bonds. The van der Waals surface area contributed by atoms with Crippen molar-refractivity contribution in [3.05, 3.63) is 88.5 Å². The molecule has 37 heavy (non-hydrogen) atoms. The lowest BCUT2D eigenvalue weighted by Crippen LogP contribution is -2.45. The minimum absolute atomic E-state index is 0.00524. The second kappa shape index (κ2) is 9.25. The zero-order valence-corrected chi connectivity index (χ0v) is 22.1. The van der Waals surface area contributed by atoms with Gasteiger partial charge in [0.1, 0.15) is 5.82 Å².